The van der Waals surface area contributed by atoms with Gasteiger partial charge in [-0.1, -0.05) is 32.6 Å². The molecule has 14 heavy (non-hydrogen) atoms. The van der Waals surface area contributed by atoms with E-state index in [9.17, 15) is 4.79 Å². The van der Waals surface area contributed by atoms with Gasteiger partial charge in [0.25, 0.3) is 0 Å². The molecule has 1 heterocycles. The lowest BCUT2D eigenvalue weighted by Gasteiger charge is -2.27. The van der Waals surface area contributed by atoms with Gasteiger partial charge in [0.15, 0.2) is 6.29 Å². The maximum absolute atomic E-state index is 10.4. The second-order valence-electron chi connectivity index (χ2n) is 3.77. The van der Waals surface area contributed by atoms with E-state index in [0.29, 0.717) is 6.61 Å². The molecule has 1 rings (SSSR count). The normalized spacial score (nSPS) is 27.5. The zero-order chi connectivity index (χ0) is 10.2. The maximum Gasteiger partial charge on any atom is 0.214 e. The number of ether oxygens (including phenoxy) is 2. The van der Waals surface area contributed by atoms with Gasteiger partial charge in [0, 0.05) is 0 Å². The van der Waals surface area contributed by atoms with Gasteiger partial charge in [-0.2, -0.15) is 0 Å². The molecule has 2 atom stereocenters. The van der Waals surface area contributed by atoms with Gasteiger partial charge in [-0.15, -0.1) is 0 Å². The van der Waals surface area contributed by atoms with E-state index in [-0.39, 0.29) is 6.10 Å². The Morgan fingerprint density at radius 1 is 1.36 bits per heavy atom. The largest absolute Gasteiger partial charge is 0.346 e. The zero-order valence-corrected chi connectivity index (χ0v) is 8.91. The van der Waals surface area contributed by atoms with Crippen molar-refractivity contribution in [2.75, 3.05) is 6.61 Å². The van der Waals surface area contributed by atoms with Gasteiger partial charge in [-0.25, -0.2) is 0 Å². The van der Waals surface area contributed by atoms with Crippen molar-refractivity contribution in [1.82, 2.24) is 0 Å². The van der Waals surface area contributed by atoms with Gasteiger partial charge in [0.1, 0.15) is 0 Å². The van der Waals surface area contributed by atoms with Crippen LogP contribution in [0.4, 0.5) is 0 Å². The van der Waals surface area contributed by atoms with Gasteiger partial charge in [-0.05, 0) is 12.8 Å². The Bertz CT molecular complexity index is 159. The van der Waals surface area contributed by atoms with Crippen LogP contribution in [-0.2, 0) is 14.3 Å². The predicted octanol–water partition coefficient (Wildman–Crippen LogP) is 2.29. The molecule has 3 nitrogen and oxygen atoms in total. The van der Waals surface area contributed by atoms with Crippen LogP contribution in [0.15, 0.2) is 0 Å². The third-order valence-corrected chi connectivity index (χ3v) is 2.54. The first-order chi connectivity index (χ1) is 6.86. The molecule has 1 aliphatic heterocycles. The van der Waals surface area contributed by atoms with Crippen LogP contribution in [0.2, 0.25) is 0 Å². The van der Waals surface area contributed by atoms with Crippen LogP contribution in [0.5, 0.6) is 0 Å². The zero-order valence-electron chi connectivity index (χ0n) is 8.91. The fraction of sp³-hybridized carbons (Fsp3) is 0.909. The Morgan fingerprint density at radius 3 is 2.93 bits per heavy atom. The first-order valence-corrected chi connectivity index (χ1v) is 5.59. The van der Waals surface area contributed by atoms with E-state index in [1.54, 1.807) is 0 Å². The lowest BCUT2D eigenvalue weighted by atomic mass is 10.1. The summed E-state index contributed by atoms with van der Waals surface area (Å²) >= 11 is 0. The lowest BCUT2D eigenvalue weighted by molar-refractivity contribution is -0.203. The summed E-state index contributed by atoms with van der Waals surface area (Å²) in [6.07, 6.45) is 7.36. The van der Waals surface area contributed by atoms with E-state index < -0.39 is 6.29 Å². The fourth-order valence-electron chi connectivity index (χ4n) is 1.70. The Labute approximate surface area is 85.8 Å². The molecule has 82 valence electrons. The van der Waals surface area contributed by atoms with Crippen LogP contribution < -0.4 is 0 Å². The highest BCUT2D eigenvalue weighted by atomic mass is 16.7. The van der Waals surface area contributed by atoms with Crippen molar-refractivity contribution in [2.45, 2.75) is 57.8 Å². The molecule has 0 spiro atoms. The summed E-state index contributed by atoms with van der Waals surface area (Å²) in [5.74, 6) is 0. The van der Waals surface area contributed by atoms with Crippen LogP contribution in [0, 0.1) is 0 Å². The number of hydrogen-bond donors (Lipinski definition) is 0. The highest BCUT2D eigenvalue weighted by Crippen LogP contribution is 2.17. The van der Waals surface area contributed by atoms with E-state index >= 15 is 0 Å². The van der Waals surface area contributed by atoms with Crippen molar-refractivity contribution in [3.63, 3.8) is 0 Å². The number of aldehydes is 1. The molecule has 1 aliphatic rings. The summed E-state index contributed by atoms with van der Waals surface area (Å²) in [5, 5.41) is 0. The van der Waals surface area contributed by atoms with Crippen molar-refractivity contribution in [2.24, 2.45) is 0 Å². The van der Waals surface area contributed by atoms with E-state index in [1.165, 1.54) is 25.7 Å². The maximum atomic E-state index is 10.4. The van der Waals surface area contributed by atoms with E-state index in [1.807, 2.05) is 0 Å². The van der Waals surface area contributed by atoms with E-state index in [2.05, 4.69) is 6.92 Å². The minimum Gasteiger partial charge on any atom is -0.346 e. The third kappa shape index (κ3) is 4.20. The fourth-order valence-corrected chi connectivity index (χ4v) is 1.70. The van der Waals surface area contributed by atoms with Crippen LogP contribution >= 0.6 is 0 Å². The predicted molar refractivity (Wildman–Crippen MR) is 54.1 cm³/mol. The quantitative estimate of drug-likeness (QED) is 0.487. The standard InChI is InChI=1S/C11H20O3/c1-2-3-4-5-6-10-7-8-13-11(9-12)14-10/h9-11H,2-8H2,1H3. The molecular formula is C11H20O3. The molecule has 0 aromatic rings. The molecule has 2 unspecified atom stereocenters. The highest BCUT2D eigenvalue weighted by Gasteiger charge is 2.21. The molecule has 0 radical (unpaired) electrons. The third-order valence-electron chi connectivity index (χ3n) is 2.54. The monoisotopic (exact) mass is 200 g/mol. The number of rotatable bonds is 6. The molecule has 3 heteroatoms. The van der Waals surface area contributed by atoms with Gasteiger partial charge in [-0.3, -0.25) is 4.79 Å². The SMILES string of the molecule is CCCCCCC1CCOC(C=O)O1. The molecule has 0 bridgehead atoms. The average Bonchev–Trinajstić information content (AvgIpc) is 2.25. The second-order valence-corrected chi connectivity index (χ2v) is 3.77. The van der Waals surface area contributed by atoms with Crippen molar-refractivity contribution in [1.29, 1.82) is 0 Å². The lowest BCUT2D eigenvalue weighted by Crippen LogP contribution is -2.33. The molecule has 0 N–H and O–H groups in total. The summed E-state index contributed by atoms with van der Waals surface area (Å²) in [7, 11) is 0. The topological polar surface area (TPSA) is 35.5 Å². The van der Waals surface area contributed by atoms with Gasteiger partial charge in [0.05, 0.1) is 12.7 Å². The minimum atomic E-state index is -0.611. The Hall–Kier alpha value is -0.410. The molecule has 0 saturated carbocycles. The molecule has 0 aromatic heterocycles. The molecule has 0 aromatic carbocycles. The Balaban J connectivity index is 2.08. The summed E-state index contributed by atoms with van der Waals surface area (Å²) in [4.78, 5) is 10.4. The Kier molecular flexibility index (Phi) is 5.80. The average molecular weight is 200 g/mol. The number of carbonyl (C=O) groups excluding carboxylic acids is 1. The van der Waals surface area contributed by atoms with Crippen molar-refractivity contribution < 1.29 is 14.3 Å². The first kappa shape index (κ1) is 11.7. The van der Waals surface area contributed by atoms with Crippen LogP contribution in [0.3, 0.4) is 0 Å². The number of unbranched alkanes of at least 4 members (excludes halogenated alkanes) is 3. The van der Waals surface area contributed by atoms with Crippen molar-refractivity contribution >= 4 is 6.29 Å². The van der Waals surface area contributed by atoms with Gasteiger partial charge >= 0.3 is 0 Å². The van der Waals surface area contributed by atoms with Crippen LogP contribution in [0.1, 0.15) is 45.4 Å². The van der Waals surface area contributed by atoms with Gasteiger partial charge < -0.3 is 9.47 Å². The molecule has 0 aliphatic carbocycles. The minimum absolute atomic E-state index is 0.232. The number of hydrogen-bond acceptors (Lipinski definition) is 3. The molecular weight excluding hydrogens is 180 g/mol. The summed E-state index contributed by atoms with van der Waals surface area (Å²) in [5.41, 5.74) is 0. The van der Waals surface area contributed by atoms with Gasteiger partial charge in [0.2, 0.25) is 6.29 Å². The molecule has 0 amide bonds. The highest BCUT2D eigenvalue weighted by molar-refractivity contribution is 5.53. The first-order valence-electron chi connectivity index (χ1n) is 5.59. The number of carbonyl (C=O) groups is 1. The van der Waals surface area contributed by atoms with Crippen molar-refractivity contribution in [3.05, 3.63) is 0 Å². The summed E-state index contributed by atoms with van der Waals surface area (Å²) in [6, 6.07) is 0. The molecule has 1 fully saturated rings. The smallest absolute Gasteiger partial charge is 0.214 e. The van der Waals surface area contributed by atoms with E-state index in [4.69, 9.17) is 9.47 Å². The van der Waals surface area contributed by atoms with Crippen molar-refractivity contribution in [3.8, 4) is 0 Å². The second kappa shape index (κ2) is 6.96. The molecule has 1 saturated heterocycles. The summed E-state index contributed by atoms with van der Waals surface area (Å²) < 4.78 is 10.5. The van der Waals surface area contributed by atoms with Crippen LogP contribution in [-0.4, -0.2) is 25.3 Å². The Morgan fingerprint density at radius 2 is 2.21 bits per heavy atom. The summed E-state index contributed by atoms with van der Waals surface area (Å²) in [6.45, 7) is 2.86. The van der Waals surface area contributed by atoms with E-state index in [0.717, 1.165) is 19.1 Å². The van der Waals surface area contributed by atoms with Crippen LogP contribution in [0.25, 0.3) is 0 Å².